The normalized spacial score (nSPS) is 15.8. The van der Waals surface area contributed by atoms with E-state index in [2.05, 4.69) is 10.2 Å². The van der Waals surface area contributed by atoms with Crippen LogP contribution in [0.2, 0.25) is 5.02 Å². The van der Waals surface area contributed by atoms with Gasteiger partial charge in [0.25, 0.3) is 0 Å². The average Bonchev–Trinajstić information content (AvgIpc) is 3.41. The highest BCUT2D eigenvalue weighted by atomic mass is 35.5. The molecule has 0 bridgehead atoms. The maximum absolute atomic E-state index is 13.4. The van der Waals surface area contributed by atoms with Crippen molar-refractivity contribution in [2.45, 2.75) is 25.4 Å². The summed E-state index contributed by atoms with van der Waals surface area (Å²) in [5.41, 5.74) is 1.78. The molecule has 1 N–H and O–H groups in total. The number of carbonyl (C=O) groups excluding carboxylic acids is 1. The third kappa shape index (κ3) is 4.31. The van der Waals surface area contributed by atoms with Crippen LogP contribution in [0.1, 0.15) is 24.4 Å². The predicted octanol–water partition coefficient (Wildman–Crippen LogP) is 4.64. The summed E-state index contributed by atoms with van der Waals surface area (Å²) < 4.78 is 13.1. The molecule has 3 aromatic rings. The summed E-state index contributed by atoms with van der Waals surface area (Å²) in [6, 6.07) is 12.9. The first-order valence-electron chi connectivity index (χ1n) is 9.94. The number of ether oxygens (including phenoxy) is 2. The molecule has 31 heavy (non-hydrogen) atoms. The van der Waals surface area contributed by atoms with Gasteiger partial charge in [-0.25, -0.2) is 0 Å². The molecule has 1 amide bonds. The molecule has 1 unspecified atom stereocenters. The van der Waals surface area contributed by atoms with Gasteiger partial charge in [0, 0.05) is 22.7 Å². The van der Waals surface area contributed by atoms with Crippen LogP contribution >= 0.6 is 23.8 Å². The fourth-order valence-electron chi connectivity index (χ4n) is 4.00. The zero-order chi connectivity index (χ0) is 22.0. The van der Waals surface area contributed by atoms with Gasteiger partial charge in [-0.15, -0.1) is 0 Å². The van der Waals surface area contributed by atoms with Gasteiger partial charge in [0.1, 0.15) is 18.0 Å². The van der Waals surface area contributed by atoms with E-state index in [4.69, 9.17) is 33.3 Å². The molecule has 2 aromatic carbocycles. The minimum atomic E-state index is -0.0856. The number of amides is 1. The molecule has 7 nitrogen and oxygen atoms in total. The summed E-state index contributed by atoms with van der Waals surface area (Å²) in [6.07, 6.45) is 1.77. The summed E-state index contributed by atoms with van der Waals surface area (Å²) >= 11 is 11.4. The van der Waals surface area contributed by atoms with Crippen LogP contribution < -0.4 is 9.47 Å². The Hall–Kier alpha value is -2.84. The van der Waals surface area contributed by atoms with Gasteiger partial charge >= 0.3 is 0 Å². The van der Waals surface area contributed by atoms with E-state index in [9.17, 15) is 4.79 Å². The topological polar surface area (TPSA) is 72.4 Å². The van der Waals surface area contributed by atoms with E-state index < -0.39 is 0 Å². The number of hydrogen-bond donors (Lipinski definition) is 1. The smallest absolute Gasteiger partial charge is 0.243 e. The van der Waals surface area contributed by atoms with Crippen LogP contribution in [0.15, 0.2) is 42.5 Å². The third-order valence-corrected chi connectivity index (χ3v) is 6.09. The summed E-state index contributed by atoms with van der Waals surface area (Å²) in [7, 11) is 3.26. The quantitative estimate of drug-likeness (QED) is 0.545. The van der Waals surface area contributed by atoms with Gasteiger partial charge in [-0.3, -0.25) is 14.5 Å². The predicted molar refractivity (Wildman–Crippen MR) is 121 cm³/mol. The second-order valence-electron chi connectivity index (χ2n) is 7.30. The standard InChI is InChI=1S/C22H23ClN4O3S/c1-29-16-9-10-19(30-2)17(12-16)18-4-3-11-26(18)20(28)13-27-21(24-25-22(27)31)14-5-7-15(23)8-6-14/h5-10,12,18H,3-4,11,13H2,1-2H3,(H,25,31). The van der Waals surface area contributed by atoms with Crippen molar-refractivity contribution in [1.82, 2.24) is 19.7 Å². The molecule has 1 aliphatic rings. The highest BCUT2D eigenvalue weighted by molar-refractivity contribution is 7.71. The van der Waals surface area contributed by atoms with Crippen molar-refractivity contribution in [1.29, 1.82) is 0 Å². The maximum Gasteiger partial charge on any atom is 0.243 e. The number of H-pyrrole nitrogens is 1. The molecule has 1 fully saturated rings. The molecule has 4 rings (SSSR count). The van der Waals surface area contributed by atoms with E-state index >= 15 is 0 Å². The number of hydrogen-bond acceptors (Lipinski definition) is 5. The number of rotatable bonds is 6. The van der Waals surface area contributed by atoms with Crippen molar-refractivity contribution in [2.24, 2.45) is 0 Å². The zero-order valence-electron chi connectivity index (χ0n) is 17.3. The van der Waals surface area contributed by atoms with Gasteiger partial charge < -0.3 is 14.4 Å². The molecule has 1 aromatic heterocycles. The van der Waals surface area contributed by atoms with Gasteiger partial charge in [-0.2, -0.15) is 5.10 Å². The van der Waals surface area contributed by atoms with Gasteiger partial charge in [0.15, 0.2) is 10.6 Å². The van der Waals surface area contributed by atoms with E-state index in [1.54, 1.807) is 30.9 Å². The molecule has 1 atom stereocenters. The minimum Gasteiger partial charge on any atom is -0.497 e. The van der Waals surface area contributed by atoms with Gasteiger partial charge in [-0.1, -0.05) is 11.6 Å². The average molecular weight is 459 g/mol. The second kappa shape index (κ2) is 9.11. The summed E-state index contributed by atoms with van der Waals surface area (Å²) in [5.74, 6) is 2.05. The lowest BCUT2D eigenvalue weighted by atomic mass is 10.0. The number of benzene rings is 2. The van der Waals surface area contributed by atoms with Crippen LogP contribution in [0, 0.1) is 4.77 Å². The van der Waals surface area contributed by atoms with Crippen LogP contribution in [0.4, 0.5) is 0 Å². The van der Waals surface area contributed by atoms with E-state index in [-0.39, 0.29) is 18.5 Å². The number of halogens is 1. The maximum atomic E-state index is 13.4. The lowest BCUT2D eigenvalue weighted by Crippen LogP contribution is -2.33. The first-order chi connectivity index (χ1) is 15.0. The number of likely N-dealkylation sites (tertiary alicyclic amines) is 1. The van der Waals surface area contributed by atoms with Crippen LogP contribution in [0.5, 0.6) is 11.5 Å². The van der Waals surface area contributed by atoms with Crippen molar-refractivity contribution < 1.29 is 14.3 Å². The fourth-order valence-corrected chi connectivity index (χ4v) is 4.32. The van der Waals surface area contributed by atoms with Crippen LogP contribution in [0.3, 0.4) is 0 Å². The van der Waals surface area contributed by atoms with E-state index in [0.717, 1.165) is 35.5 Å². The molecular weight excluding hydrogens is 436 g/mol. The Morgan fingerprint density at radius 2 is 2.00 bits per heavy atom. The van der Waals surface area contributed by atoms with Crippen molar-refractivity contribution >= 4 is 29.7 Å². The number of aromatic amines is 1. The van der Waals surface area contributed by atoms with Gasteiger partial charge in [-0.05, 0) is 67.5 Å². The second-order valence-corrected chi connectivity index (χ2v) is 8.12. The highest BCUT2D eigenvalue weighted by Gasteiger charge is 2.32. The Balaban J connectivity index is 1.62. The molecule has 0 aliphatic carbocycles. The number of nitrogens with zero attached hydrogens (tertiary/aromatic N) is 3. The largest absolute Gasteiger partial charge is 0.497 e. The first-order valence-corrected chi connectivity index (χ1v) is 10.7. The van der Waals surface area contributed by atoms with E-state index in [1.165, 1.54) is 0 Å². The summed E-state index contributed by atoms with van der Waals surface area (Å²) in [5, 5.41) is 7.75. The Bertz CT molecular complexity index is 1140. The summed E-state index contributed by atoms with van der Waals surface area (Å²) in [4.78, 5) is 15.3. The number of carbonyl (C=O) groups is 1. The number of methoxy groups -OCH3 is 2. The van der Waals surface area contributed by atoms with Crippen LogP contribution in [-0.2, 0) is 11.3 Å². The molecule has 2 heterocycles. The van der Waals surface area contributed by atoms with E-state index in [1.807, 2.05) is 35.2 Å². The summed E-state index contributed by atoms with van der Waals surface area (Å²) in [6.45, 7) is 0.765. The van der Waals surface area contributed by atoms with Crippen LogP contribution in [0.25, 0.3) is 11.4 Å². The molecule has 1 saturated heterocycles. The molecule has 1 aliphatic heterocycles. The Morgan fingerprint density at radius 1 is 1.23 bits per heavy atom. The Kier molecular flexibility index (Phi) is 6.29. The Labute approximate surface area is 190 Å². The zero-order valence-corrected chi connectivity index (χ0v) is 18.9. The SMILES string of the molecule is COc1ccc(OC)c(C2CCCN2C(=O)Cn2c(-c3ccc(Cl)cc3)n[nH]c2=S)c1. The van der Waals surface area contributed by atoms with Crippen molar-refractivity contribution in [2.75, 3.05) is 20.8 Å². The molecule has 0 radical (unpaired) electrons. The molecule has 9 heteroatoms. The lowest BCUT2D eigenvalue weighted by Gasteiger charge is -2.27. The monoisotopic (exact) mass is 458 g/mol. The van der Waals surface area contributed by atoms with E-state index in [0.29, 0.717) is 22.2 Å². The first kappa shape index (κ1) is 21.4. The Morgan fingerprint density at radius 3 is 2.71 bits per heavy atom. The number of aromatic nitrogens is 3. The van der Waals surface area contributed by atoms with Crippen LogP contribution in [-0.4, -0.2) is 46.3 Å². The lowest BCUT2D eigenvalue weighted by molar-refractivity contribution is -0.132. The molecule has 0 saturated carbocycles. The number of nitrogens with one attached hydrogen (secondary N) is 1. The van der Waals surface area contributed by atoms with Crippen molar-refractivity contribution in [3.63, 3.8) is 0 Å². The van der Waals surface area contributed by atoms with Gasteiger partial charge in [0.2, 0.25) is 5.91 Å². The molecule has 0 spiro atoms. The third-order valence-electron chi connectivity index (χ3n) is 5.52. The molecular formula is C22H23ClN4O3S. The molecule has 162 valence electrons. The van der Waals surface area contributed by atoms with Gasteiger partial charge in [0.05, 0.1) is 20.3 Å². The fraction of sp³-hybridized carbons (Fsp3) is 0.318. The minimum absolute atomic E-state index is 0.0277. The van der Waals surface area contributed by atoms with Crippen molar-refractivity contribution in [3.8, 4) is 22.9 Å². The van der Waals surface area contributed by atoms with Crippen molar-refractivity contribution in [3.05, 3.63) is 57.8 Å². The highest BCUT2D eigenvalue weighted by Crippen LogP contribution is 2.39.